The molecule has 1 aliphatic heterocycles. The van der Waals surface area contributed by atoms with Gasteiger partial charge in [0.25, 0.3) is 0 Å². The van der Waals surface area contributed by atoms with Gasteiger partial charge >= 0.3 is 128 Å². The quantitative estimate of drug-likeness (QED) is 0.352. The number of rotatable bonds is 4. The van der Waals surface area contributed by atoms with Gasteiger partial charge < -0.3 is 0 Å². The van der Waals surface area contributed by atoms with Gasteiger partial charge in [-0.1, -0.05) is 0 Å². The summed E-state index contributed by atoms with van der Waals surface area (Å²) in [5.74, 6) is -3.53. The summed E-state index contributed by atoms with van der Waals surface area (Å²) in [6, 6.07) is 0. The van der Waals surface area contributed by atoms with Crippen LogP contribution in [-0.2, 0) is 56.1 Å². The van der Waals surface area contributed by atoms with Gasteiger partial charge in [0.05, 0.1) is 0 Å². The molecule has 0 atom stereocenters. The van der Waals surface area contributed by atoms with E-state index >= 15 is 0 Å². The van der Waals surface area contributed by atoms with Crippen molar-refractivity contribution in [3.63, 3.8) is 0 Å². The number of ether oxygens (including phenoxy) is 4. The topological polar surface area (TPSA) is 105 Å². The molecule has 1 rings (SSSR count). The predicted octanol–water partition coefficient (Wildman–Crippen LogP) is -0.717. The summed E-state index contributed by atoms with van der Waals surface area (Å²) in [5.41, 5.74) is -0.656. The van der Waals surface area contributed by atoms with Gasteiger partial charge in [-0.25, -0.2) is 0 Å². The minimum absolute atomic E-state index is 0.112. The number of carbonyl (C=O) groups excluding carboxylic acids is 4. The molecule has 0 aliphatic carbocycles. The summed E-state index contributed by atoms with van der Waals surface area (Å²) in [7, 11) is 4.40. The zero-order valence-electron chi connectivity index (χ0n) is 11.6. The van der Waals surface area contributed by atoms with E-state index < -0.39 is 41.9 Å². The van der Waals surface area contributed by atoms with E-state index in [1.54, 1.807) is 0 Å². The molecule has 0 aromatic carbocycles. The van der Waals surface area contributed by atoms with Crippen LogP contribution in [0.25, 0.3) is 0 Å². The average molecular weight is 391 g/mol. The third-order valence-corrected chi connectivity index (χ3v) is 4.49. The Hall–Kier alpha value is -1.98. The molecule has 0 unspecified atom stereocenters. The molecule has 0 saturated heterocycles. The molecular formula is C12H12O8Pd. The van der Waals surface area contributed by atoms with E-state index in [4.69, 9.17) is 0 Å². The molecule has 0 bridgehead atoms. The first-order chi connectivity index (χ1) is 9.92. The Balaban J connectivity index is 3.54. The zero-order valence-corrected chi connectivity index (χ0v) is 13.1. The Morgan fingerprint density at radius 1 is 0.619 bits per heavy atom. The Morgan fingerprint density at radius 2 is 0.905 bits per heavy atom. The first kappa shape index (κ1) is 17.1. The molecule has 9 heteroatoms. The third-order valence-electron chi connectivity index (χ3n) is 2.30. The van der Waals surface area contributed by atoms with Crippen molar-refractivity contribution in [2.45, 2.75) is 0 Å². The first-order valence-corrected chi connectivity index (χ1v) is 6.89. The predicted molar refractivity (Wildman–Crippen MR) is 62.1 cm³/mol. The fourth-order valence-corrected chi connectivity index (χ4v) is 3.49. The van der Waals surface area contributed by atoms with Gasteiger partial charge in [-0.2, -0.15) is 0 Å². The second-order valence-corrected chi connectivity index (χ2v) is 5.30. The molecule has 0 N–H and O–H groups in total. The number of esters is 4. The zero-order chi connectivity index (χ0) is 16.2. The van der Waals surface area contributed by atoms with E-state index in [0.717, 1.165) is 28.4 Å². The molecule has 0 saturated carbocycles. The fourth-order valence-electron chi connectivity index (χ4n) is 1.37. The molecule has 0 fully saturated rings. The summed E-state index contributed by atoms with van der Waals surface area (Å²) in [4.78, 5) is 47.2. The fraction of sp³-hybridized carbons (Fsp3) is 0.333. The van der Waals surface area contributed by atoms with Gasteiger partial charge in [-0.05, 0) is 0 Å². The van der Waals surface area contributed by atoms with Gasteiger partial charge in [0.2, 0.25) is 0 Å². The molecule has 21 heavy (non-hydrogen) atoms. The van der Waals surface area contributed by atoms with Crippen molar-refractivity contribution < 1.29 is 56.1 Å². The van der Waals surface area contributed by atoms with Gasteiger partial charge in [0.15, 0.2) is 0 Å². The Morgan fingerprint density at radius 3 is 1.14 bits per heavy atom. The van der Waals surface area contributed by atoms with Crippen LogP contribution in [0.5, 0.6) is 0 Å². The molecule has 1 heterocycles. The van der Waals surface area contributed by atoms with Crippen LogP contribution in [0.1, 0.15) is 0 Å². The van der Waals surface area contributed by atoms with E-state index in [0.29, 0.717) is 0 Å². The molecule has 8 nitrogen and oxygen atoms in total. The van der Waals surface area contributed by atoms with Crippen molar-refractivity contribution >= 4 is 23.9 Å². The second-order valence-electron chi connectivity index (χ2n) is 3.36. The molecule has 0 aromatic heterocycles. The molecule has 1 aliphatic rings. The molecule has 118 valence electrons. The van der Waals surface area contributed by atoms with Crippen LogP contribution >= 0.6 is 0 Å². The standard InChI is InChI=1S/C12H12O8.Pd/c1-17-9(13)5-7(11(15)19-3)8(12(16)20-4)6-10(14)18-2;/h1-4H3;. The van der Waals surface area contributed by atoms with Crippen LogP contribution in [0, 0.1) is 0 Å². The van der Waals surface area contributed by atoms with Crippen molar-refractivity contribution in [3.05, 3.63) is 19.2 Å². The van der Waals surface area contributed by atoms with E-state index in [-0.39, 0.29) is 19.2 Å². The van der Waals surface area contributed by atoms with Crippen LogP contribution in [0.2, 0.25) is 0 Å². The molecule has 0 spiro atoms. The Bertz CT molecular complexity index is 522. The van der Waals surface area contributed by atoms with E-state index in [1.807, 2.05) is 0 Å². The summed E-state index contributed by atoms with van der Waals surface area (Å²) >= 11 is -0.807. The van der Waals surface area contributed by atoms with Crippen molar-refractivity contribution in [2.75, 3.05) is 28.4 Å². The van der Waals surface area contributed by atoms with Gasteiger partial charge in [-0.3, -0.25) is 0 Å². The maximum absolute atomic E-state index is 11.9. The van der Waals surface area contributed by atoms with Crippen LogP contribution in [0.4, 0.5) is 0 Å². The monoisotopic (exact) mass is 390 g/mol. The van der Waals surface area contributed by atoms with Crippen LogP contribution in [-0.4, -0.2) is 52.3 Å². The van der Waals surface area contributed by atoms with Crippen LogP contribution in [0.3, 0.4) is 0 Å². The summed E-state index contributed by atoms with van der Waals surface area (Å²) < 4.78 is 18.0. The van der Waals surface area contributed by atoms with E-state index in [9.17, 15) is 19.2 Å². The SMILES string of the molecule is COC(=O)[C]1=C(C(=O)OC)C(C(=O)OC)=[C](C(=O)OC)[Pd]1. The number of hydrogen-bond acceptors (Lipinski definition) is 8. The van der Waals surface area contributed by atoms with Crippen LogP contribution in [0.15, 0.2) is 19.2 Å². The molecule has 0 aromatic rings. The van der Waals surface area contributed by atoms with E-state index in [2.05, 4.69) is 18.9 Å². The van der Waals surface area contributed by atoms with Crippen LogP contribution < -0.4 is 0 Å². The van der Waals surface area contributed by atoms with Gasteiger partial charge in [0, 0.05) is 0 Å². The number of carbonyl (C=O) groups is 4. The molecule has 0 radical (unpaired) electrons. The minimum atomic E-state index is -0.937. The third kappa shape index (κ3) is 3.20. The molecular weight excluding hydrogens is 379 g/mol. The van der Waals surface area contributed by atoms with Crippen molar-refractivity contribution in [1.82, 2.24) is 0 Å². The van der Waals surface area contributed by atoms with Crippen molar-refractivity contribution in [2.24, 2.45) is 0 Å². The maximum atomic E-state index is 11.9. The Labute approximate surface area is 128 Å². The van der Waals surface area contributed by atoms with Gasteiger partial charge in [-0.15, -0.1) is 0 Å². The van der Waals surface area contributed by atoms with Gasteiger partial charge in [0.1, 0.15) is 0 Å². The summed E-state index contributed by atoms with van der Waals surface area (Å²) in [6.45, 7) is 0. The first-order valence-electron chi connectivity index (χ1n) is 5.33. The number of methoxy groups -OCH3 is 4. The van der Waals surface area contributed by atoms with Crippen molar-refractivity contribution in [1.29, 1.82) is 0 Å². The molecule has 0 amide bonds. The second kappa shape index (κ2) is 7.15. The van der Waals surface area contributed by atoms with Crippen molar-refractivity contribution in [3.8, 4) is 0 Å². The Kier molecular flexibility index (Phi) is 5.81. The van der Waals surface area contributed by atoms with E-state index in [1.165, 1.54) is 0 Å². The number of hydrogen-bond donors (Lipinski definition) is 0. The summed E-state index contributed by atoms with van der Waals surface area (Å²) in [6.07, 6.45) is 0. The normalized spacial score (nSPS) is 14.3. The average Bonchev–Trinajstić information content (AvgIpc) is 2.91. The summed E-state index contributed by atoms with van der Waals surface area (Å²) in [5, 5.41) is 0.